The number of hydrogen-bond donors (Lipinski definition) is 1. The maximum Gasteiger partial charge on any atom is 0.137 e. The third-order valence-corrected chi connectivity index (χ3v) is 3.65. The lowest BCUT2D eigenvalue weighted by Gasteiger charge is -2.16. The van der Waals surface area contributed by atoms with Crippen LogP contribution in [0.2, 0.25) is 10.0 Å². The van der Waals surface area contributed by atoms with Gasteiger partial charge in [0.25, 0.3) is 0 Å². The van der Waals surface area contributed by atoms with Crippen molar-refractivity contribution in [2.45, 2.75) is 13.0 Å². The maximum atomic E-state index is 6.24. The molecule has 100 valence electrons. The van der Waals surface area contributed by atoms with Crippen molar-refractivity contribution in [3.63, 3.8) is 0 Å². The van der Waals surface area contributed by atoms with Crippen LogP contribution >= 0.6 is 23.2 Å². The number of hydrogen-bond acceptors (Lipinski definition) is 2. The van der Waals surface area contributed by atoms with Crippen LogP contribution in [0.1, 0.15) is 22.7 Å². The first kappa shape index (κ1) is 14.2. The first-order valence-electron chi connectivity index (χ1n) is 5.88. The topological polar surface area (TPSA) is 35.2 Å². The van der Waals surface area contributed by atoms with Crippen LogP contribution in [-0.4, -0.2) is 7.11 Å². The monoisotopic (exact) mass is 295 g/mol. The molecule has 0 aromatic heterocycles. The number of halogens is 2. The summed E-state index contributed by atoms with van der Waals surface area (Å²) < 4.78 is 5.13. The molecule has 0 spiro atoms. The number of aryl methyl sites for hydroxylation is 1. The Labute approximate surface area is 123 Å². The molecule has 0 amide bonds. The lowest BCUT2D eigenvalue weighted by Crippen LogP contribution is -2.12. The van der Waals surface area contributed by atoms with Crippen LogP contribution in [0.25, 0.3) is 0 Å². The van der Waals surface area contributed by atoms with Gasteiger partial charge in [-0.25, -0.2) is 0 Å². The highest BCUT2D eigenvalue weighted by Gasteiger charge is 2.14. The predicted octanol–water partition coefficient (Wildman–Crippen LogP) is 4.36. The Bertz CT molecular complexity index is 599. The Kier molecular flexibility index (Phi) is 4.35. The summed E-state index contributed by atoms with van der Waals surface area (Å²) in [5.74, 6) is 0.632. The number of ether oxygens (including phenoxy) is 1. The molecule has 2 nitrogen and oxygen atoms in total. The standard InChI is InChI=1S/C15H15Cl2NO/c1-9-3-5-11(12(16)7-9)15(18)10-4-6-14(19-2)13(17)8-10/h3-8,15H,18H2,1-2H3. The average molecular weight is 296 g/mol. The van der Waals surface area contributed by atoms with Gasteiger partial charge in [0.05, 0.1) is 18.2 Å². The molecule has 1 unspecified atom stereocenters. The second kappa shape index (κ2) is 5.83. The Morgan fingerprint density at radius 1 is 1.05 bits per heavy atom. The van der Waals surface area contributed by atoms with Gasteiger partial charge in [-0.3, -0.25) is 0 Å². The minimum Gasteiger partial charge on any atom is -0.495 e. The number of methoxy groups -OCH3 is 1. The van der Waals surface area contributed by atoms with Crippen LogP contribution in [0.5, 0.6) is 5.75 Å². The van der Waals surface area contributed by atoms with Crippen LogP contribution in [0.4, 0.5) is 0 Å². The molecule has 19 heavy (non-hydrogen) atoms. The summed E-state index contributed by atoms with van der Waals surface area (Å²) >= 11 is 12.3. The fourth-order valence-corrected chi connectivity index (χ4v) is 2.56. The van der Waals surface area contributed by atoms with Gasteiger partial charge in [-0.1, -0.05) is 41.4 Å². The second-order valence-corrected chi connectivity index (χ2v) is 5.21. The van der Waals surface area contributed by atoms with Crippen LogP contribution < -0.4 is 10.5 Å². The summed E-state index contributed by atoms with van der Waals surface area (Å²) in [7, 11) is 1.58. The van der Waals surface area contributed by atoms with Gasteiger partial charge in [0.1, 0.15) is 5.75 Å². The summed E-state index contributed by atoms with van der Waals surface area (Å²) in [5, 5.41) is 1.21. The summed E-state index contributed by atoms with van der Waals surface area (Å²) in [5.41, 5.74) is 9.13. The molecule has 0 aliphatic rings. The predicted molar refractivity (Wildman–Crippen MR) is 80.2 cm³/mol. The first-order chi connectivity index (χ1) is 9.02. The zero-order valence-electron chi connectivity index (χ0n) is 10.8. The van der Waals surface area contributed by atoms with Crippen molar-refractivity contribution in [3.05, 3.63) is 63.1 Å². The minimum absolute atomic E-state index is 0.309. The molecular weight excluding hydrogens is 281 g/mol. The average Bonchev–Trinajstić information content (AvgIpc) is 2.38. The Hall–Kier alpha value is -1.22. The van der Waals surface area contributed by atoms with Crippen LogP contribution in [0, 0.1) is 6.92 Å². The van der Waals surface area contributed by atoms with Crippen LogP contribution in [-0.2, 0) is 0 Å². The number of nitrogens with two attached hydrogens (primary N) is 1. The van der Waals surface area contributed by atoms with Gasteiger partial charge in [0.15, 0.2) is 0 Å². The normalized spacial score (nSPS) is 12.3. The summed E-state index contributed by atoms with van der Waals surface area (Å²) in [6.07, 6.45) is 0. The van der Waals surface area contributed by atoms with Crippen molar-refractivity contribution in [3.8, 4) is 5.75 Å². The Morgan fingerprint density at radius 2 is 1.79 bits per heavy atom. The van der Waals surface area contributed by atoms with Crippen molar-refractivity contribution in [1.82, 2.24) is 0 Å². The van der Waals surface area contributed by atoms with Crippen LogP contribution in [0.15, 0.2) is 36.4 Å². The molecule has 0 aliphatic carbocycles. The SMILES string of the molecule is COc1ccc(C(N)c2ccc(C)cc2Cl)cc1Cl. The molecule has 1 atom stereocenters. The molecule has 0 aliphatic heterocycles. The molecule has 2 aromatic rings. The van der Waals surface area contributed by atoms with E-state index in [9.17, 15) is 0 Å². The largest absolute Gasteiger partial charge is 0.495 e. The molecule has 0 saturated carbocycles. The smallest absolute Gasteiger partial charge is 0.137 e. The first-order valence-corrected chi connectivity index (χ1v) is 6.63. The number of benzene rings is 2. The lowest BCUT2D eigenvalue weighted by molar-refractivity contribution is 0.415. The maximum absolute atomic E-state index is 6.24. The highest BCUT2D eigenvalue weighted by molar-refractivity contribution is 6.32. The molecule has 2 rings (SSSR count). The van der Waals surface area contributed by atoms with Gasteiger partial charge in [-0.05, 0) is 41.8 Å². The quantitative estimate of drug-likeness (QED) is 0.913. The summed E-state index contributed by atoms with van der Waals surface area (Å²) in [6.45, 7) is 1.99. The highest BCUT2D eigenvalue weighted by atomic mass is 35.5. The molecule has 0 radical (unpaired) electrons. The fraction of sp³-hybridized carbons (Fsp3) is 0.200. The van der Waals surface area contributed by atoms with E-state index < -0.39 is 0 Å². The molecule has 0 bridgehead atoms. The summed E-state index contributed by atoms with van der Waals surface area (Å²) in [6, 6.07) is 11.0. The molecule has 4 heteroatoms. The zero-order chi connectivity index (χ0) is 14.0. The van der Waals surface area contributed by atoms with Gasteiger partial charge in [0, 0.05) is 5.02 Å². The van der Waals surface area contributed by atoms with E-state index in [1.807, 2.05) is 31.2 Å². The summed E-state index contributed by atoms with van der Waals surface area (Å²) in [4.78, 5) is 0. The zero-order valence-corrected chi connectivity index (χ0v) is 12.3. The van der Waals surface area contributed by atoms with Gasteiger partial charge in [-0.2, -0.15) is 0 Å². The van der Waals surface area contributed by atoms with Crippen molar-refractivity contribution in [2.24, 2.45) is 5.73 Å². The Morgan fingerprint density at radius 3 is 2.37 bits per heavy atom. The van der Waals surface area contributed by atoms with E-state index in [2.05, 4.69) is 0 Å². The van der Waals surface area contributed by atoms with E-state index in [1.54, 1.807) is 19.2 Å². The van der Waals surface area contributed by atoms with Crippen LogP contribution in [0.3, 0.4) is 0 Å². The lowest BCUT2D eigenvalue weighted by atomic mass is 9.98. The molecule has 0 fully saturated rings. The van der Waals surface area contributed by atoms with Crippen molar-refractivity contribution >= 4 is 23.2 Å². The highest BCUT2D eigenvalue weighted by Crippen LogP contribution is 2.32. The molecule has 0 saturated heterocycles. The third kappa shape index (κ3) is 3.03. The Balaban J connectivity index is 2.38. The van der Waals surface area contributed by atoms with E-state index >= 15 is 0 Å². The van der Waals surface area contributed by atoms with Gasteiger partial charge in [-0.15, -0.1) is 0 Å². The van der Waals surface area contributed by atoms with E-state index in [-0.39, 0.29) is 6.04 Å². The van der Waals surface area contributed by atoms with E-state index in [1.165, 1.54) is 0 Å². The molecule has 2 N–H and O–H groups in total. The van der Waals surface area contributed by atoms with E-state index in [4.69, 9.17) is 33.7 Å². The van der Waals surface area contributed by atoms with E-state index in [0.717, 1.165) is 16.7 Å². The van der Waals surface area contributed by atoms with E-state index in [0.29, 0.717) is 15.8 Å². The van der Waals surface area contributed by atoms with Gasteiger partial charge >= 0.3 is 0 Å². The molecule has 0 heterocycles. The fourth-order valence-electron chi connectivity index (χ4n) is 1.94. The minimum atomic E-state index is -0.309. The number of rotatable bonds is 3. The van der Waals surface area contributed by atoms with Crippen molar-refractivity contribution < 1.29 is 4.74 Å². The van der Waals surface area contributed by atoms with Crippen molar-refractivity contribution in [2.75, 3.05) is 7.11 Å². The molecular formula is C15H15Cl2NO. The van der Waals surface area contributed by atoms with Crippen molar-refractivity contribution in [1.29, 1.82) is 0 Å². The van der Waals surface area contributed by atoms with Gasteiger partial charge in [0.2, 0.25) is 0 Å². The second-order valence-electron chi connectivity index (χ2n) is 4.40. The van der Waals surface area contributed by atoms with Gasteiger partial charge < -0.3 is 10.5 Å². The third-order valence-electron chi connectivity index (χ3n) is 3.03. The molecule has 2 aromatic carbocycles.